The summed E-state index contributed by atoms with van der Waals surface area (Å²) in [5.41, 5.74) is 0.814. The van der Waals surface area contributed by atoms with Crippen LogP contribution in [0.1, 0.15) is 32.3 Å². The summed E-state index contributed by atoms with van der Waals surface area (Å²) in [5, 5.41) is 12.4. The van der Waals surface area contributed by atoms with E-state index in [9.17, 15) is 4.39 Å². The Morgan fingerprint density at radius 2 is 2.22 bits per heavy atom. The Morgan fingerprint density at radius 3 is 2.89 bits per heavy atom. The van der Waals surface area contributed by atoms with Crippen molar-refractivity contribution in [3.63, 3.8) is 0 Å². The van der Waals surface area contributed by atoms with E-state index in [1.54, 1.807) is 13.0 Å². The molecular weight excluding hydrogens is 233 g/mol. The number of nitrogens with one attached hydrogen (secondary N) is 1. The first-order chi connectivity index (χ1) is 8.65. The van der Waals surface area contributed by atoms with Gasteiger partial charge in [-0.2, -0.15) is 0 Å². The molecule has 102 valence electrons. The van der Waals surface area contributed by atoms with E-state index in [1.165, 1.54) is 6.07 Å². The van der Waals surface area contributed by atoms with Crippen LogP contribution in [0.5, 0.6) is 5.75 Å². The summed E-state index contributed by atoms with van der Waals surface area (Å²) in [6, 6.07) is 4.92. The molecule has 1 atom stereocenters. The zero-order chi connectivity index (χ0) is 13.4. The standard InChI is InChI=1S/C14H22FNO2/c1-3-8-16-10-12-5-4-6-13(15)14(12)18-9-7-11(2)17/h4-6,11,16-17H,3,7-10H2,1-2H3. The molecule has 0 amide bonds. The molecule has 0 aliphatic rings. The molecule has 0 aromatic heterocycles. The number of rotatable bonds is 8. The van der Waals surface area contributed by atoms with Crippen molar-refractivity contribution < 1.29 is 14.2 Å². The number of para-hydroxylation sites is 1. The Kier molecular flexibility index (Phi) is 6.68. The van der Waals surface area contributed by atoms with Crippen LogP contribution in [0.4, 0.5) is 4.39 Å². The topological polar surface area (TPSA) is 41.5 Å². The van der Waals surface area contributed by atoms with E-state index in [0.29, 0.717) is 25.3 Å². The maximum atomic E-state index is 13.7. The average molecular weight is 255 g/mol. The van der Waals surface area contributed by atoms with Gasteiger partial charge in [-0.15, -0.1) is 0 Å². The highest BCUT2D eigenvalue weighted by Gasteiger charge is 2.09. The van der Waals surface area contributed by atoms with Crippen molar-refractivity contribution in [3.8, 4) is 5.75 Å². The van der Waals surface area contributed by atoms with E-state index in [1.807, 2.05) is 6.07 Å². The summed E-state index contributed by atoms with van der Waals surface area (Å²) in [4.78, 5) is 0. The molecule has 0 saturated heterocycles. The smallest absolute Gasteiger partial charge is 0.165 e. The Balaban J connectivity index is 2.61. The highest BCUT2D eigenvalue weighted by Crippen LogP contribution is 2.22. The predicted octanol–water partition coefficient (Wildman–Crippen LogP) is 2.48. The Bertz CT molecular complexity index is 356. The minimum Gasteiger partial charge on any atom is -0.490 e. The van der Waals surface area contributed by atoms with Crippen molar-refractivity contribution >= 4 is 0 Å². The Hall–Kier alpha value is -1.13. The number of hydrogen-bond acceptors (Lipinski definition) is 3. The van der Waals surface area contributed by atoms with Crippen molar-refractivity contribution in [1.82, 2.24) is 5.32 Å². The van der Waals surface area contributed by atoms with E-state index >= 15 is 0 Å². The van der Waals surface area contributed by atoms with Gasteiger partial charge in [0.1, 0.15) is 0 Å². The molecule has 1 aromatic rings. The van der Waals surface area contributed by atoms with Gasteiger partial charge in [-0.3, -0.25) is 0 Å². The largest absolute Gasteiger partial charge is 0.490 e. The van der Waals surface area contributed by atoms with E-state index in [-0.39, 0.29) is 5.82 Å². The van der Waals surface area contributed by atoms with Crippen LogP contribution in [0.25, 0.3) is 0 Å². The van der Waals surface area contributed by atoms with Gasteiger partial charge in [-0.25, -0.2) is 4.39 Å². The molecule has 0 radical (unpaired) electrons. The van der Waals surface area contributed by atoms with Gasteiger partial charge < -0.3 is 15.2 Å². The second-order valence-electron chi connectivity index (χ2n) is 4.39. The molecule has 0 spiro atoms. The van der Waals surface area contributed by atoms with Crippen LogP contribution < -0.4 is 10.1 Å². The Morgan fingerprint density at radius 1 is 1.44 bits per heavy atom. The van der Waals surface area contributed by atoms with Crippen LogP contribution in [0, 0.1) is 5.82 Å². The van der Waals surface area contributed by atoms with Gasteiger partial charge in [-0.05, 0) is 26.0 Å². The lowest BCUT2D eigenvalue weighted by atomic mass is 10.2. The van der Waals surface area contributed by atoms with Gasteiger partial charge in [0.05, 0.1) is 12.7 Å². The highest BCUT2D eigenvalue weighted by atomic mass is 19.1. The fraction of sp³-hybridized carbons (Fsp3) is 0.571. The van der Waals surface area contributed by atoms with Crippen molar-refractivity contribution in [2.45, 2.75) is 39.3 Å². The van der Waals surface area contributed by atoms with Crippen LogP contribution >= 0.6 is 0 Å². The number of hydrogen-bond donors (Lipinski definition) is 2. The number of halogens is 1. The van der Waals surface area contributed by atoms with Gasteiger partial charge in [-0.1, -0.05) is 19.1 Å². The fourth-order valence-corrected chi connectivity index (χ4v) is 1.59. The first kappa shape index (κ1) is 14.9. The molecule has 0 aliphatic carbocycles. The molecule has 1 rings (SSSR count). The third-order valence-corrected chi connectivity index (χ3v) is 2.57. The molecule has 0 heterocycles. The average Bonchev–Trinajstić information content (AvgIpc) is 2.32. The summed E-state index contributed by atoms with van der Waals surface area (Å²) in [6.45, 7) is 5.58. The summed E-state index contributed by atoms with van der Waals surface area (Å²) in [5.74, 6) is -0.0573. The molecular formula is C14H22FNO2. The first-order valence-corrected chi connectivity index (χ1v) is 6.44. The van der Waals surface area contributed by atoms with Crippen LogP contribution in [0.15, 0.2) is 18.2 Å². The highest BCUT2D eigenvalue weighted by molar-refractivity contribution is 5.34. The predicted molar refractivity (Wildman–Crippen MR) is 70.2 cm³/mol. The molecule has 0 saturated carbocycles. The Labute approximate surface area is 108 Å². The second kappa shape index (κ2) is 8.06. The number of benzene rings is 1. The second-order valence-corrected chi connectivity index (χ2v) is 4.39. The SMILES string of the molecule is CCCNCc1cccc(F)c1OCCC(C)O. The van der Waals surface area contributed by atoms with Crippen LogP contribution in [0.2, 0.25) is 0 Å². The molecule has 3 nitrogen and oxygen atoms in total. The lowest BCUT2D eigenvalue weighted by molar-refractivity contribution is 0.153. The lowest BCUT2D eigenvalue weighted by Gasteiger charge is -2.13. The van der Waals surface area contributed by atoms with Crippen LogP contribution in [-0.4, -0.2) is 24.4 Å². The third-order valence-electron chi connectivity index (χ3n) is 2.57. The first-order valence-electron chi connectivity index (χ1n) is 6.44. The summed E-state index contributed by atoms with van der Waals surface area (Å²) < 4.78 is 19.1. The molecule has 4 heteroatoms. The molecule has 2 N–H and O–H groups in total. The summed E-state index contributed by atoms with van der Waals surface area (Å²) in [7, 11) is 0. The van der Waals surface area contributed by atoms with E-state index < -0.39 is 6.10 Å². The maximum absolute atomic E-state index is 13.7. The lowest BCUT2D eigenvalue weighted by Crippen LogP contribution is -2.16. The maximum Gasteiger partial charge on any atom is 0.165 e. The normalized spacial score (nSPS) is 12.4. The number of aliphatic hydroxyl groups is 1. The summed E-state index contributed by atoms with van der Waals surface area (Å²) in [6.07, 6.45) is 1.10. The van der Waals surface area contributed by atoms with Crippen molar-refractivity contribution in [1.29, 1.82) is 0 Å². The molecule has 0 bridgehead atoms. The van der Waals surface area contributed by atoms with Crippen molar-refractivity contribution in [2.75, 3.05) is 13.2 Å². The van der Waals surface area contributed by atoms with Gasteiger partial charge in [0, 0.05) is 18.5 Å². The third kappa shape index (κ3) is 5.02. The molecule has 1 aromatic carbocycles. The van der Waals surface area contributed by atoms with Gasteiger partial charge in [0.2, 0.25) is 0 Å². The van der Waals surface area contributed by atoms with Gasteiger partial charge in [0.25, 0.3) is 0 Å². The zero-order valence-corrected chi connectivity index (χ0v) is 11.1. The molecule has 18 heavy (non-hydrogen) atoms. The van der Waals surface area contributed by atoms with Crippen molar-refractivity contribution in [3.05, 3.63) is 29.6 Å². The zero-order valence-electron chi connectivity index (χ0n) is 11.1. The minimum atomic E-state index is -0.432. The van der Waals surface area contributed by atoms with E-state index in [0.717, 1.165) is 18.5 Å². The van der Waals surface area contributed by atoms with E-state index in [4.69, 9.17) is 9.84 Å². The molecule has 0 fully saturated rings. The minimum absolute atomic E-state index is 0.293. The van der Waals surface area contributed by atoms with Crippen molar-refractivity contribution in [2.24, 2.45) is 0 Å². The quantitative estimate of drug-likeness (QED) is 0.701. The number of ether oxygens (including phenoxy) is 1. The summed E-state index contributed by atoms with van der Waals surface area (Å²) >= 11 is 0. The van der Waals surface area contributed by atoms with Gasteiger partial charge in [0.15, 0.2) is 11.6 Å². The fourth-order valence-electron chi connectivity index (χ4n) is 1.59. The van der Waals surface area contributed by atoms with Crippen LogP contribution in [-0.2, 0) is 6.54 Å². The van der Waals surface area contributed by atoms with E-state index in [2.05, 4.69) is 12.2 Å². The molecule has 1 unspecified atom stereocenters. The molecule has 0 aliphatic heterocycles. The monoisotopic (exact) mass is 255 g/mol. The number of aliphatic hydroxyl groups excluding tert-OH is 1. The van der Waals surface area contributed by atoms with Gasteiger partial charge >= 0.3 is 0 Å². The van der Waals surface area contributed by atoms with Crippen LogP contribution in [0.3, 0.4) is 0 Å².